The summed E-state index contributed by atoms with van der Waals surface area (Å²) in [5, 5.41) is 10.00. The Balaban J connectivity index is 3.03. The first-order valence-electron chi connectivity index (χ1n) is 6.85. The maximum Gasteiger partial charge on any atom is 0.307 e. The number of hydrogen-bond donors (Lipinski definition) is 1. The van der Waals surface area contributed by atoms with Crippen LogP contribution in [0.4, 0.5) is 0 Å². The minimum atomic E-state index is -0.685. The van der Waals surface area contributed by atoms with Gasteiger partial charge in [0.25, 0.3) is 0 Å². The summed E-state index contributed by atoms with van der Waals surface area (Å²) >= 11 is 1.75. The van der Waals surface area contributed by atoms with E-state index in [4.69, 9.17) is 0 Å². The normalized spacial score (nSPS) is 14.6. The summed E-state index contributed by atoms with van der Waals surface area (Å²) in [7, 11) is 0. The van der Waals surface area contributed by atoms with E-state index in [2.05, 4.69) is 27.7 Å². The molecule has 0 heterocycles. The fourth-order valence-corrected chi connectivity index (χ4v) is 3.52. The van der Waals surface area contributed by atoms with E-state index in [0.29, 0.717) is 17.6 Å². The summed E-state index contributed by atoms with van der Waals surface area (Å²) in [6.07, 6.45) is 0.717. The van der Waals surface area contributed by atoms with Crippen molar-refractivity contribution in [2.24, 2.45) is 11.8 Å². The van der Waals surface area contributed by atoms with Crippen LogP contribution in [0.5, 0.6) is 0 Å². The van der Waals surface area contributed by atoms with Gasteiger partial charge in [-0.3, -0.25) is 4.79 Å². The van der Waals surface area contributed by atoms with E-state index in [9.17, 15) is 9.90 Å². The highest BCUT2D eigenvalue weighted by Crippen LogP contribution is 2.41. The van der Waals surface area contributed by atoms with Crippen LogP contribution in [-0.2, 0) is 4.79 Å². The molecule has 0 fully saturated rings. The van der Waals surface area contributed by atoms with Crippen LogP contribution < -0.4 is 0 Å². The standard InChI is InChI=1S/C16H24O2S/c1-11(2)10-14(16(17)18)15(19-12(3)4)13-8-6-5-7-9-13/h5-9,11-12,14-15H,10H2,1-4H3,(H,17,18). The molecule has 3 heteroatoms. The number of carboxylic acids is 1. The van der Waals surface area contributed by atoms with Crippen molar-refractivity contribution in [3.05, 3.63) is 35.9 Å². The first-order valence-corrected chi connectivity index (χ1v) is 7.79. The number of thioether (sulfide) groups is 1. The van der Waals surface area contributed by atoms with Gasteiger partial charge in [0, 0.05) is 5.25 Å². The smallest absolute Gasteiger partial charge is 0.307 e. The lowest BCUT2D eigenvalue weighted by molar-refractivity contribution is -0.142. The molecule has 1 N–H and O–H groups in total. The predicted molar refractivity (Wildman–Crippen MR) is 82.5 cm³/mol. The topological polar surface area (TPSA) is 37.3 Å². The Labute approximate surface area is 120 Å². The molecule has 0 aliphatic rings. The van der Waals surface area contributed by atoms with Crippen LogP contribution in [0.2, 0.25) is 0 Å². The van der Waals surface area contributed by atoms with Gasteiger partial charge in [-0.1, -0.05) is 58.0 Å². The van der Waals surface area contributed by atoms with E-state index >= 15 is 0 Å². The molecule has 0 spiro atoms. The molecule has 0 aliphatic carbocycles. The van der Waals surface area contributed by atoms with Crippen LogP contribution in [-0.4, -0.2) is 16.3 Å². The van der Waals surface area contributed by atoms with E-state index < -0.39 is 5.97 Å². The Hall–Kier alpha value is -0.960. The van der Waals surface area contributed by atoms with E-state index in [-0.39, 0.29) is 11.2 Å². The zero-order valence-electron chi connectivity index (χ0n) is 12.2. The molecule has 1 aromatic carbocycles. The summed E-state index contributed by atoms with van der Waals surface area (Å²) in [6.45, 7) is 8.40. The second kappa shape index (κ2) is 7.59. The minimum absolute atomic E-state index is 0.0288. The Bertz CT molecular complexity index is 387. The van der Waals surface area contributed by atoms with Gasteiger partial charge in [0.2, 0.25) is 0 Å². The zero-order chi connectivity index (χ0) is 14.4. The fourth-order valence-electron chi connectivity index (χ4n) is 2.20. The maximum absolute atomic E-state index is 11.6. The number of rotatable bonds is 7. The summed E-state index contributed by atoms with van der Waals surface area (Å²) < 4.78 is 0. The van der Waals surface area contributed by atoms with Crippen LogP contribution in [0, 0.1) is 11.8 Å². The summed E-state index contributed by atoms with van der Waals surface area (Å²) in [4.78, 5) is 11.6. The molecular formula is C16H24O2S. The lowest BCUT2D eigenvalue weighted by atomic mass is 9.90. The Morgan fingerprint density at radius 3 is 2.16 bits per heavy atom. The van der Waals surface area contributed by atoms with Crippen LogP contribution in [0.1, 0.15) is 44.9 Å². The molecule has 0 saturated heterocycles. The van der Waals surface area contributed by atoms with Gasteiger partial charge in [-0.05, 0) is 23.2 Å². The average Bonchev–Trinajstić information content (AvgIpc) is 2.33. The first-order chi connectivity index (χ1) is 8.91. The van der Waals surface area contributed by atoms with E-state index in [0.717, 1.165) is 5.56 Å². The molecule has 1 aromatic rings. The van der Waals surface area contributed by atoms with Gasteiger partial charge < -0.3 is 5.11 Å². The molecule has 106 valence electrons. The number of carboxylic acid groups (broad SMARTS) is 1. The largest absolute Gasteiger partial charge is 0.481 e. The van der Waals surface area contributed by atoms with Gasteiger partial charge in [-0.25, -0.2) is 0 Å². The molecule has 2 nitrogen and oxygen atoms in total. The monoisotopic (exact) mass is 280 g/mol. The van der Waals surface area contributed by atoms with Crippen molar-refractivity contribution in [3.8, 4) is 0 Å². The van der Waals surface area contributed by atoms with E-state index in [1.54, 1.807) is 11.8 Å². The number of hydrogen-bond acceptors (Lipinski definition) is 2. The highest BCUT2D eigenvalue weighted by atomic mass is 32.2. The van der Waals surface area contributed by atoms with Crippen LogP contribution in [0.25, 0.3) is 0 Å². The zero-order valence-corrected chi connectivity index (χ0v) is 13.0. The van der Waals surface area contributed by atoms with Gasteiger partial charge in [0.1, 0.15) is 0 Å². The summed E-state index contributed by atoms with van der Waals surface area (Å²) in [6, 6.07) is 10.0. The highest BCUT2D eigenvalue weighted by molar-refractivity contribution is 8.00. The van der Waals surface area contributed by atoms with Crippen molar-refractivity contribution in [2.45, 2.75) is 44.6 Å². The van der Waals surface area contributed by atoms with Crippen LogP contribution in [0.3, 0.4) is 0 Å². The lowest BCUT2D eigenvalue weighted by Crippen LogP contribution is -2.23. The molecule has 0 bridgehead atoms. The highest BCUT2D eigenvalue weighted by Gasteiger charge is 2.31. The molecule has 0 saturated carbocycles. The fraction of sp³-hybridized carbons (Fsp3) is 0.562. The molecule has 0 radical (unpaired) electrons. The van der Waals surface area contributed by atoms with Crippen molar-refractivity contribution in [3.63, 3.8) is 0 Å². The molecule has 2 atom stereocenters. The van der Waals surface area contributed by atoms with Crippen molar-refractivity contribution in [2.75, 3.05) is 0 Å². The van der Waals surface area contributed by atoms with Crippen molar-refractivity contribution < 1.29 is 9.90 Å². The molecule has 2 unspecified atom stereocenters. The number of benzene rings is 1. The van der Waals surface area contributed by atoms with E-state index in [1.165, 1.54) is 0 Å². The van der Waals surface area contributed by atoms with E-state index in [1.807, 2.05) is 30.3 Å². The lowest BCUT2D eigenvalue weighted by Gasteiger charge is -2.27. The summed E-state index contributed by atoms with van der Waals surface area (Å²) in [5.41, 5.74) is 1.12. The van der Waals surface area contributed by atoms with Crippen molar-refractivity contribution >= 4 is 17.7 Å². The van der Waals surface area contributed by atoms with Gasteiger partial charge in [-0.15, -0.1) is 0 Å². The average molecular weight is 280 g/mol. The predicted octanol–water partition coefficient (Wildman–Crippen LogP) is 4.62. The second-order valence-corrected chi connectivity index (χ2v) is 7.31. The number of aliphatic carboxylic acids is 1. The molecular weight excluding hydrogens is 256 g/mol. The van der Waals surface area contributed by atoms with Crippen molar-refractivity contribution in [1.82, 2.24) is 0 Å². The third-order valence-corrected chi connectivity index (χ3v) is 4.39. The second-order valence-electron chi connectivity index (χ2n) is 5.59. The summed E-state index contributed by atoms with van der Waals surface area (Å²) in [5.74, 6) is -0.620. The Kier molecular flexibility index (Phi) is 6.43. The molecule has 19 heavy (non-hydrogen) atoms. The SMILES string of the molecule is CC(C)CC(C(=O)O)C(SC(C)C)c1ccccc1. The van der Waals surface area contributed by atoms with Gasteiger partial charge in [0.15, 0.2) is 0 Å². The molecule has 1 rings (SSSR count). The Morgan fingerprint density at radius 2 is 1.74 bits per heavy atom. The van der Waals surface area contributed by atoms with Gasteiger partial charge >= 0.3 is 5.97 Å². The molecule has 0 aliphatic heterocycles. The molecule has 0 amide bonds. The Morgan fingerprint density at radius 1 is 1.16 bits per heavy atom. The third-order valence-electron chi connectivity index (χ3n) is 2.95. The number of carbonyl (C=O) groups is 1. The molecule has 0 aromatic heterocycles. The van der Waals surface area contributed by atoms with Gasteiger partial charge in [-0.2, -0.15) is 11.8 Å². The maximum atomic E-state index is 11.6. The third kappa shape index (κ3) is 5.27. The van der Waals surface area contributed by atoms with Gasteiger partial charge in [0.05, 0.1) is 5.92 Å². The van der Waals surface area contributed by atoms with Crippen LogP contribution >= 0.6 is 11.8 Å². The minimum Gasteiger partial charge on any atom is -0.481 e. The quantitative estimate of drug-likeness (QED) is 0.792. The van der Waals surface area contributed by atoms with Crippen LogP contribution in [0.15, 0.2) is 30.3 Å². The van der Waals surface area contributed by atoms with Crippen molar-refractivity contribution in [1.29, 1.82) is 0 Å². The first kappa shape index (κ1) is 16.1.